The molecule has 0 amide bonds. The molecule has 1 aromatic carbocycles. The Morgan fingerprint density at radius 3 is 2.71 bits per heavy atom. The molecule has 0 saturated carbocycles. The highest BCUT2D eigenvalue weighted by Crippen LogP contribution is 2.25. The lowest BCUT2D eigenvalue weighted by Gasteiger charge is -2.22. The van der Waals surface area contributed by atoms with E-state index in [1.807, 2.05) is 0 Å². The molecule has 6 nitrogen and oxygen atoms in total. The maximum atomic E-state index is 12.4. The summed E-state index contributed by atoms with van der Waals surface area (Å²) >= 11 is 0. The number of rotatable bonds is 6. The van der Waals surface area contributed by atoms with Gasteiger partial charge in [-0.3, -0.25) is 0 Å². The van der Waals surface area contributed by atoms with E-state index < -0.39 is 10.0 Å². The zero-order valence-electron chi connectivity index (χ0n) is 12.2. The number of hydrogen-bond donors (Lipinski definition) is 2. The Balaban J connectivity index is 2.11. The Morgan fingerprint density at radius 2 is 2.10 bits per heavy atom. The second-order valence-electron chi connectivity index (χ2n) is 5.10. The van der Waals surface area contributed by atoms with Crippen LogP contribution in [0.4, 0.5) is 0 Å². The highest BCUT2D eigenvalue weighted by molar-refractivity contribution is 7.89. The van der Waals surface area contributed by atoms with E-state index >= 15 is 0 Å². The Labute approximate surface area is 125 Å². The molecule has 0 radical (unpaired) electrons. The number of sulfonamides is 1. The summed E-state index contributed by atoms with van der Waals surface area (Å²) in [7, 11) is -2.13. The van der Waals surface area contributed by atoms with Crippen molar-refractivity contribution >= 4 is 10.0 Å². The van der Waals surface area contributed by atoms with Crippen LogP contribution in [0.1, 0.15) is 18.4 Å². The molecule has 1 saturated heterocycles. The molecule has 1 aromatic rings. The first-order valence-corrected chi connectivity index (χ1v) is 8.49. The lowest BCUT2D eigenvalue weighted by atomic mass is 10.0. The third kappa shape index (κ3) is 4.16. The molecule has 1 heterocycles. The van der Waals surface area contributed by atoms with Crippen molar-refractivity contribution in [2.75, 3.05) is 26.9 Å². The van der Waals surface area contributed by atoms with Crippen LogP contribution < -0.4 is 15.2 Å². The Morgan fingerprint density at radius 1 is 1.38 bits per heavy atom. The molecule has 3 N–H and O–H groups in total. The fourth-order valence-corrected chi connectivity index (χ4v) is 3.58. The summed E-state index contributed by atoms with van der Waals surface area (Å²) in [5, 5.41) is 0. The summed E-state index contributed by atoms with van der Waals surface area (Å²) in [6.07, 6.45) is 1.76. The number of nitrogens with two attached hydrogens (primary N) is 1. The van der Waals surface area contributed by atoms with Crippen LogP contribution in [-0.2, 0) is 21.3 Å². The first kappa shape index (κ1) is 16.2. The van der Waals surface area contributed by atoms with E-state index in [-0.39, 0.29) is 4.90 Å². The molecule has 0 aliphatic carbocycles. The van der Waals surface area contributed by atoms with Crippen molar-refractivity contribution in [1.82, 2.24) is 4.72 Å². The molecule has 0 aromatic heterocycles. The molecule has 21 heavy (non-hydrogen) atoms. The van der Waals surface area contributed by atoms with E-state index in [2.05, 4.69) is 4.72 Å². The van der Waals surface area contributed by atoms with Gasteiger partial charge in [-0.25, -0.2) is 13.1 Å². The van der Waals surface area contributed by atoms with E-state index in [0.717, 1.165) is 18.4 Å². The lowest BCUT2D eigenvalue weighted by molar-refractivity contribution is 0.0678. The smallest absolute Gasteiger partial charge is 0.244 e. The number of nitrogens with one attached hydrogen (secondary N) is 1. The van der Waals surface area contributed by atoms with E-state index in [0.29, 0.717) is 38.0 Å². The first-order chi connectivity index (χ1) is 10.1. The first-order valence-electron chi connectivity index (χ1n) is 7.01. The zero-order chi connectivity index (χ0) is 15.3. The van der Waals surface area contributed by atoms with Gasteiger partial charge in [0.1, 0.15) is 10.6 Å². The van der Waals surface area contributed by atoms with E-state index in [1.165, 1.54) is 13.2 Å². The summed E-state index contributed by atoms with van der Waals surface area (Å²) < 4.78 is 37.9. The number of ether oxygens (including phenoxy) is 2. The molecule has 0 unspecified atom stereocenters. The number of benzene rings is 1. The van der Waals surface area contributed by atoms with Crippen molar-refractivity contribution in [2.24, 2.45) is 11.7 Å². The van der Waals surface area contributed by atoms with Gasteiger partial charge < -0.3 is 15.2 Å². The largest absolute Gasteiger partial charge is 0.495 e. The SMILES string of the molecule is COc1cc(CN)ccc1S(=O)(=O)NCC1CCOCC1. The Bertz CT molecular complexity index is 568. The fraction of sp³-hybridized carbons (Fsp3) is 0.571. The van der Waals surface area contributed by atoms with Crippen molar-refractivity contribution in [3.63, 3.8) is 0 Å². The van der Waals surface area contributed by atoms with Gasteiger partial charge in [0.15, 0.2) is 0 Å². The summed E-state index contributed by atoms with van der Waals surface area (Å²) in [4.78, 5) is 0.147. The normalized spacial score (nSPS) is 16.9. The summed E-state index contributed by atoms with van der Waals surface area (Å²) in [5.74, 6) is 0.639. The van der Waals surface area contributed by atoms with Crippen LogP contribution >= 0.6 is 0 Å². The van der Waals surface area contributed by atoms with Gasteiger partial charge in [-0.2, -0.15) is 0 Å². The molecule has 0 bridgehead atoms. The summed E-state index contributed by atoms with van der Waals surface area (Å²) in [6, 6.07) is 4.89. The van der Waals surface area contributed by atoms with Gasteiger partial charge in [0.05, 0.1) is 7.11 Å². The maximum Gasteiger partial charge on any atom is 0.244 e. The van der Waals surface area contributed by atoms with Crippen LogP contribution in [0.3, 0.4) is 0 Å². The van der Waals surface area contributed by atoms with Crippen LogP contribution in [0.2, 0.25) is 0 Å². The highest BCUT2D eigenvalue weighted by atomic mass is 32.2. The van der Waals surface area contributed by atoms with Gasteiger partial charge >= 0.3 is 0 Å². The summed E-state index contributed by atoms with van der Waals surface area (Å²) in [5.41, 5.74) is 6.39. The quantitative estimate of drug-likeness (QED) is 0.812. The minimum atomic E-state index is -3.58. The van der Waals surface area contributed by atoms with E-state index in [1.54, 1.807) is 12.1 Å². The van der Waals surface area contributed by atoms with Gasteiger partial charge in [0.2, 0.25) is 10.0 Å². The minimum absolute atomic E-state index is 0.147. The van der Waals surface area contributed by atoms with Crippen LogP contribution in [0.15, 0.2) is 23.1 Å². The van der Waals surface area contributed by atoms with Crippen molar-refractivity contribution in [2.45, 2.75) is 24.3 Å². The Hall–Kier alpha value is -1.15. The second-order valence-corrected chi connectivity index (χ2v) is 6.83. The lowest BCUT2D eigenvalue weighted by Crippen LogP contribution is -2.32. The van der Waals surface area contributed by atoms with Gasteiger partial charge in [-0.05, 0) is 36.5 Å². The van der Waals surface area contributed by atoms with Gasteiger partial charge in [-0.1, -0.05) is 6.07 Å². The molecule has 0 atom stereocenters. The third-order valence-electron chi connectivity index (χ3n) is 3.66. The van der Waals surface area contributed by atoms with Crippen molar-refractivity contribution in [1.29, 1.82) is 0 Å². The zero-order valence-corrected chi connectivity index (χ0v) is 13.0. The number of hydrogen-bond acceptors (Lipinski definition) is 5. The van der Waals surface area contributed by atoms with E-state index in [4.69, 9.17) is 15.2 Å². The van der Waals surface area contributed by atoms with Crippen LogP contribution in [0, 0.1) is 5.92 Å². The molecular weight excluding hydrogens is 292 g/mol. The minimum Gasteiger partial charge on any atom is -0.495 e. The second kappa shape index (κ2) is 7.22. The molecule has 7 heteroatoms. The van der Waals surface area contributed by atoms with Crippen molar-refractivity contribution < 1.29 is 17.9 Å². The predicted octanol–water partition coefficient (Wildman–Crippen LogP) is 0.859. The average molecular weight is 314 g/mol. The van der Waals surface area contributed by atoms with Crippen molar-refractivity contribution in [3.05, 3.63) is 23.8 Å². The third-order valence-corrected chi connectivity index (χ3v) is 5.12. The van der Waals surface area contributed by atoms with Gasteiger partial charge in [-0.15, -0.1) is 0 Å². The summed E-state index contributed by atoms with van der Waals surface area (Å²) in [6.45, 7) is 2.15. The average Bonchev–Trinajstić information content (AvgIpc) is 2.53. The van der Waals surface area contributed by atoms with E-state index in [9.17, 15) is 8.42 Å². The van der Waals surface area contributed by atoms with Gasteiger partial charge in [0.25, 0.3) is 0 Å². The molecular formula is C14H22N2O4S. The molecule has 1 aliphatic heterocycles. The van der Waals surface area contributed by atoms with Gasteiger partial charge in [0, 0.05) is 26.3 Å². The molecule has 118 valence electrons. The van der Waals surface area contributed by atoms with Crippen LogP contribution in [0.5, 0.6) is 5.75 Å². The fourth-order valence-electron chi connectivity index (χ4n) is 2.32. The van der Waals surface area contributed by atoms with Crippen LogP contribution in [-0.4, -0.2) is 35.3 Å². The number of methoxy groups -OCH3 is 1. The maximum absolute atomic E-state index is 12.4. The topological polar surface area (TPSA) is 90.7 Å². The standard InChI is InChI=1S/C14H22N2O4S/c1-19-13-8-12(9-15)2-3-14(13)21(17,18)16-10-11-4-6-20-7-5-11/h2-3,8,11,16H,4-7,9-10,15H2,1H3. The molecule has 0 spiro atoms. The molecule has 1 aliphatic rings. The molecule has 2 rings (SSSR count). The molecule has 1 fully saturated rings. The predicted molar refractivity (Wildman–Crippen MR) is 79.6 cm³/mol. The highest BCUT2D eigenvalue weighted by Gasteiger charge is 2.22. The monoisotopic (exact) mass is 314 g/mol. The van der Waals surface area contributed by atoms with Crippen LogP contribution in [0.25, 0.3) is 0 Å². The Kier molecular flexibility index (Phi) is 5.58. The van der Waals surface area contributed by atoms with Crippen molar-refractivity contribution in [3.8, 4) is 5.75 Å².